The molecule has 88 valence electrons. The summed E-state index contributed by atoms with van der Waals surface area (Å²) < 4.78 is 43.6. The van der Waals surface area contributed by atoms with Crippen molar-refractivity contribution in [3.8, 4) is 17.2 Å². The second-order valence-corrected chi connectivity index (χ2v) is 2.80. The maximum absolute atomic E-state index is 11.9. The van der Waals surface area contributed by atoms with E-state index in [1.807, 2.05) is 0 Å². The summed E-state index contributed by atoms with van der Waals surface area (Å²) in [6, 6.07) is 2.58. The number of hydrogen-bond donors (Lipinski definition) is 1. The van der Waals surface area contributed by atoms with Gasteiger partial charge in [0.2, 0.25) is 0 Å². The molecule has 1 aromatic carbocycles. The third-order valence-electron chi connectivity index (χ3n) is 1.36. The van der Waals surface area contributed by atoms with E-state index >= 15 is 0 Å². The predicted molar refractivity (Wildman–Crippen MR) is 46.1 cm³/mol. The number of phenols is 1. The minimum Gasteiger partial charge on any atom is -0.508 e. The number of phenolic OH excluding ortho intramolecular Hbond substituents is 1. The summed E-state index contributed by atoms with van der Waals surface area (Å²) in [6.45, 7) is 1.08. The maximum atomic E-state index is 11.9. The van der Waals surface area contributed by atoms with Gasteiger partial charge in [0.1, 0.15) is 17.2 Å². The Morgan fingerprint density at radius 1 is 1.25 bits per heavy atom. The Bertz CT molecular complexity index is 400. The van der Waals surface area contributed by atoms with Gasteiger partial charge in [-0.1, -0.05) is 0 Å². The minimum absolute atomic E-state index is 0.230. The zero-order valence-electron chi connectivity index (χ0n) is 8.04. The lowest BCUT2D eigenvalue weighted by Crippen LogP contribution is -2.17. The van der Waals surface area contributed by atoms with Gasteiger partial charge in [0.05, 0.1) is 0 Å². The zero-order valence-corrected chi connectivity index (χ0v) is 8.04. The quantitative estimate of drug-likeness (QED) is 0.631. The molecule has 0 aromatic heterocycles. The van der Waals surface area contributed by atoms with E-state index in [1.165, 1.54) is 0 Å². The first-order valence-electron chi connectivity index (χ1n) is 4.04. The molecule has 4 nitrogen and oxygen atoms in total. The van der Waals surface area contributed by atoms with Crippen LogP contribution in [-0.4, -0.2) is 17.4 Å². The lowest BCUT2D eigenvalue weighted by molar-refractivity contribution is -0.274. The topological polar surface area (TPSA) is 55.8 Å². The highest BCUT2D eigenvalue weighted by Crippen LogP contribution is 2.30. The first kappa shape index (κ1) is 12.2. The largest absolute Gasteiger partial charge is 0.573 e. The van der Waals surface area contributed by atoms with E-state index in [0.29, 0.717) is 0 Å². The van der Waals surface area contributed by atoms with Crippen molar-refractivity contribution < 1.29 is 32.5 Å². The van der Waals surface area contributed by atoms with Gasteiger partial charge >= 0.3 is 12.3 Å². The Balaban J connectivity index is 2.94. The molecule has 1 rings (SSSR count). The molecule has 0 bridgehead atoms. The molecule has 0 unspecified atom stereocenters. The van der Waals surface area contributed by atoms with Gasteiger partial charge in [-0.25, -0.2) is 0 Å². The number of esters is 1. The molecule has 0 aliphatic carbocycles. The van der Waals surface area contributed by atoms with Crippen LogP contribution in [-0.2, 0) is 4.79 Å². The summed E-state index contributed by atoms with van der Waals surface area (Å²) in [6.07, 6.45) is -4.87. The molecule has 0 radical (unpaired) electrons. The van der Waals surface area contributed by atoms with Crippen molar-refractivity contribution in [2.24, 2.45) is 0 Å². The maximum Gasteiger partial charge on any atom is 0.573 e. The Morgan fingerprint density at radius 2 is 1.81 bits per heavy atom. The van der Waals surface area contributed by atoms with Crippen LogP contribution in [0.25, 0.3) is 0 Å². The Hall–Kier alpha value is -1.92. The molecule has 0 aliphatic rings. The second-order valence-electron chi connectivity index (χ2n) is 2.80. The number of carbonyl (C=O) groups is 1. The molecule has 7 heteroatoms. The van der Waals surface area contributed by atoms with E-state index in [1.54, 1.807) is 0 Å². The van der Waals surface area contributed by atoms with Crippen LogP contribution in [0.5, 0.6) is 17.2 Å². The molecule has 1 aromatic rings. The summed E-state index contributed by atoms with van der Waals surface area (Å²) in [5.74, 6) is -2.11. The number of aromatic hydroxyl groups is 1. The number of rotatable bonds is 2. The van der Waals surface area contributed by atoms with Crippen molar-refractivity contribution >= 4 is 5.97 Å². The van der Waals surface area contributed by atoms with Crippen LogP contribution in [0.3, 0.4) is 0 Å². The number of ether oxygens (including phenoxy) is 2. The van der Waals surface area contributed by atoms with Gasteiger partial charge in [0.15, 0.2) is 0 Å². The summed E-state index contributed by atoms with van der Waals surface area (Å²) in [5, 5.41) is 9.06. The average molecular weight is 236 g/mol. The van der Waals surface area contributed by atoms with Gasteiger partial charge in [-0.2, -0.15) is 0 Å². The van der Waals surface area contributed by atoms with Gasteiger partial charge in [0.25, 0.3) is 0 Å². The molecule has 0 aliphatic heterocycles. The highest BCUT2D eigenvalue weighted by Gasteiger charge is 2.31. The first-order valence-corrected chi connectivity index (χ1v) is 4.04. The molecular formula is C9H7F3O4. The molecule has 0 amide bonds. The van der Waals surface area contributed by atoms with Crippen LogP contribution < -0.4 is 9.47 Å². The first-order chi connectivity index (χ1) is 7.26. The summed E-state index contributed by atoms with van der Waals surface area (Å²) in [5.41, 5.74) is 0. The Labute approximate surface area is 88.2 Å². The fraction of sp³-hybridized carbons (Fsp3) is 0.222. The van der Waals surface area contributed by atoms with Crippen LogP contribution in [0.1, 0.15) is 6.92 Å². The highest BCUT2D eigenvalue weighted by atomic mass is 19.4. The smallest absolute Gasteiger partial charge is 0.508 e. The Kier molecular flexibility index (Phi) is 3.26. The summed E-state index contributed by atoms with van der Waals surface area (Å²) in [7, 11) is 0. The number of hydrogen-bond acceptors (Lipinski definition) is 4. The number of halogens is 3. The molecule has 0 heterocycles. The van der Waals surface area contributed by atoms with Gasteiger partial charge in [-0.05, 0) is 0 Å². The third-order valence-corrected chi connectivity index (χ3v) is 1.36. The van der Waals surface area contributed by atoms with Crippen LogP contribution in [0.2, 0.25) is 0 Å². The lowest BCUT2D eigenvalue weighted by atomic mass is 10.3. The normalized spacial score (nSPS) is 11.0. The van der Waals surface area contributed by atoms with Crippen LogP contribution >= 0.6 is 0 Å². The van der Waals surface area contributed by atoms with Crippen molar-refractivity contribution in [3.63, 3.8) is 0 Å². The SMILES string of the molecule is CC(=O)Oc1cc(O)cc(OC(F)(F)F)c1. The van der Waals surface area contributed by atoms with Crippen molar-refractivity contribution in [2.75, 3.05) is 0 Å². The molecule has 0 spiro atoms. The van der Waals surface area contributed by atoms with E-state index in [2.05, 4.69) is 9.47 Å². The Morgan fingerprint density at radius 3 is 2.31 bits per heavy atom. The molecule has 0 saturated heterocycles. The van der Waals surface area contributed by atoms with E-state index in [-0.39, 0.29) is 5.75 Å². The van der Waals surface area contributed by atoms with Gasteiger partial charge in [-0.3, -0.25) is 4.79 Å². The highest BCUT2D eigenvalue weighted by molar-refractivity contribution is 5.69. The van der Waals surface area contributed by atoms with Crippen molar-refractivity contribution in [1.82, 2.24) is 0 Å². The van der Waals surface area contributed by atoms with Gasteiger partial charge in [-0.15, -0.1) is 13.2 Å². The van der Waals surface area contributed by atoms with E-state index in [4.69, 9.17) is 5.11 Å². The van der Waals surface area contributed by atoms with Crippen LogP contribution in [0, 0.1) is 0 Å². The summed E-state index contributed by atoms with van der Waals surface area (Å²) >= 11 is 0. The van der Waals surface area contributed by atoms with Crippen molar-refractivity contribution in [3.05, 3.63) is 18.2 Å². The van der Waals surface area contributed by atoms with Crippen molar-refractivity contribution in [2.45, 2.75) is 13.3 Å². The fourth-order valence-corrected chi connectivity index (χ4v) is 0.974. The molecule has 0 fully saturated rings. The molecule has 1 N–H and O–H groups in total. The monoisotopic (exact) mass is 236 g/mol. The van der Waals surface area contributed by atoms with Crippen molar-refractivity contribution in [1.29, 1.82) is 0 Å². The van der Waals surface area contributed by atoms with Gasteiger partial charge < -0.3 is 14.6 Å². The number of benzene rings is 1. The molecular weight excluding hydrogens is 229 g/mol. The standard InChI is InChI=1S/C9H7F3O4/c1-5(13)15-7-2-6(14)3-8(4-7)16-9(10,11)12/h2-4,14H,1H3. The van der Waals surface area contributed by atoms with E-state index in [9.17, 15) is 18.0 Å². The second kappa shape index (κ2) is 4.30. The predicted octanol–water partition coefficient (Wildman–Crippen LogP) is 2.22. The van der Waals surface area contributed by atoms with Crippen LogP contribution in [0.4, 0.5) is 13.2 Å². The molecule has 0 atom stereocenters. The molecule has 16 heavy (non-hydrogen) atoms. The third kappa shape index (κ3) is 4.07. The average Bonchev–Trinajstić information content (AvgIpc) is 1.96. The number of carbonyl (C=O) groups excluding carboxylic acids is 1. The zero-order chi connectivity index (χ0) is 12.3. The summed E-state index contributed by atoms with van der Waals surface area (Å²) in [4.78, 5) is 10.6. The van der Waals surface area contributed by atoms with E-state index < -0.39 is 23.8 Å². The van der Waals surface area contributed by atoms with Crippen LogP contribution in [0.15, 0.2) is 18.2 Å². The molecule has 0 saturated carbocycles. The van der Waals surface area contributed by atoms with Gasteiger partial charge in [0, 0.05) is 25.1 Å². The number of alkyl halides is 3. The minimum atomic E-state index is -4.87. The fourth-order valence-electron chi connectivity index (χ4n) is 0.974. The lowest BCUT2D eigenvalue weighted by Gasteiger charge is -2.10. The van der Waals surface area contributed by atoms with E-state index in [0.717, 1.165) is 25.1 Å².